The smallest absolute Gasteiger partial charge is 0.166 e. The van der Waals surface area contributed by atoms with Crippen molar-refractivity contribution in [3.63, 3.8) is 0 Å². The second kappa shape index (κ2) is 3.90. The van der Waals surface area contributed by atoms with Crippen LogP contribution in [0.5, 0.6) is 0 Å². The van der Waals surface area contributed by atoms with Crippen molar-refractivity contribution in [1.29, 1.82) is 0 Å². The zero-order chi connectivity index (χ0) is 13.6. The minimum Gasteiger partial charge on any atom is -0.166 e. The summed E-state index contributed by atoms with van der Waals surface area (Å²) in [4.78, 5) is 0. The predicted molar refractivity (Wildman–Crippen MR) is 54.0 cm³/mol. The second-order valence-corrected chi connectivity index (χ2v) is 3.77. The van der Waals surface area contributed by atoms with E-state index < -0.39 is 23.5 Å². The molecule has 96 valence electrons. The first-order valence-corrected chi connectivity index (χ1v) is 4.86. The van der Waals surface area contributed by atoms with Crippen molar-refractivity contribution in [2.75, 3.05) is 0 Å². The molecule has 0 unspecified atom stereocenters. The zero-order valence-electron chi connectivity index (χ0n) is 8.73. The van der Waals surface area contributed by atoms with Crippen molar-refractivity contribution in [2.24, 2.45) is 0 Å². The summed E-state index contributed by atoms with van der Waals surface area (Å²) in [6.45, 7) is 0. The van der Waals surface area contributed by atoms with E-state index in [1.165, 1.54) is 0 Å². The van der Waals surface area contributed by atoms with E-state index in [4.69, 9.17) is 0 Å². The summed E-state index contributed by atoms with van der Waals surface area (Å²) in [7, 11) is 0. The van der Waals surface area contributed by atoms with Crippen LogP contribution in [0.3, 0.4) is 0 Å². The Kier molecular flexibility index (Phi) is 2.76. The Labute approximate surface area is 97.8 Å². The molecule has 0 nitrogen and oxygen atoms in total. The molecule has 2 aromatic rings. The maximum atomic E-state index is 12.4. The highest BCUT2D eigenvalue weighted by Crippen LogP contribution is 2.34. The first-order chi connectivity index (χ1) is 8.18. The van der Waals surface area contributed by atoms with Crippen LogP contribution in [0, 0.1) is 0 Å². The van der Waals surface area contributed by atoms with Crippen LogP contribution in [0.25, 0.3) is 10.8 Å². The fourth-order valence-electron chi connectivity index (χ4n) is 1.60. The van der Waals surface area contributed by atoms with Gasteiger partial charge in [-0.15, -0.1) is 0 Å². The summed E-state index contributed by atoms with van der Waals surface area (Å²) in [5, 5.41) is 0.246. The van der Waals surface area contributed by atoms with E-state index in [0.717, 1.165) is 36.4 Å². The summed E-state index contributed by atoms with van der Waals surface area (Å²) in [6.07, 6.45) is -9.01. The van der Waals surface area contributed by atoms with Crippen molar-refractivity contribution in [1.82, 2.24) is 0 Å². The van der Waals surface area contributed by atoms with Gasteiger partial charge in [0.05, 0.1) is 11.1 Å². The Morgan fingerprint density at radius 2 is 0.889 bits per heavy atom. The molecule has 0 saturated carbocycles. The van der Waals surface area contributed by atoms with E-state index in [1.807, 2.05) is 0 Å². The fraction of sp³-hybridized carbons (Fsp3) is 0.167. The average molecular weight is 264 g/mol. The molecule has 0 aliphatic heterocycles. The molecule has 6 heteroatoms. The first-order valence-electron chi connectivity index (χ1n) is 4.86. The van der Waals surface area contributed by atoms with Crippen LogP contribution in [0.2, 0.25) is 0 Å². The SMILES string of the molecule is FC(F)(F)c1ccc2cc(C(F)(F)F)ccc2c1. The van der Waals surface area contributed by atoms with Crippen molar-refractivity contribution in [3.8, 4) is 0 Å². The molecular weight excluding hydrogens is 258 g/mol. The normalized spacial score (nSPS) is 13.0. The van der Waals surface area contributed by atoms with E-state index in [-0.39, 0.29) is 10.8 Å². The molecule has 0 amide bonds. The van der Waals surface area contributed by atoms with Gasteiger partial charge in [0, 0.05) is 0 Å². The largest absolute Gasteiger partial charge is 0.416 e. The van der Waals surface area contributed by atoms with Gasteiger partial charge in [-0.05, 0) is 35.0 Å². The molecule has 0 N–H and O–H groups in total. The quantitative estimate of drug-likeness (QED) is 0.595. The lowest BCUT2D eigenvalue weighted by molar-refractivity contribution is -0.138. The summed E-state index contributed by atoms with van der Waals surface area (Å²) in [5.41, 5.74) is -1.76. The number of benzene rings is 2. The number of fused-ring (bicyclic) bond motifs is 1. The number of hydrogen-bond acceptors (Lipinski definition) is 0. The zero-order valence-corrected chi connectivity index (χ0v) is 8.73. The van der Waals surface area contributed by atoms with Gasteiger partial charge in [0.2, 0.25) is 0 Å². The molecule has 0 heterocycles. The maximum absolute atomic E-state index is 12.4. The van der Waals surface area contributed by atoms with E-state index in [9.17, 15) is 26.3 Å². The Bertz CT molecular complexity index is 526. The molecule has 0 aliphatic carbocycles. The average Bonchev–Trinajstić information content (AvgIpc) is 2.25. The molecule has 0 fully saturated rings. The third-order valence-electron chi connectivity index (χ3n) is 2.49. The Hall–Kier alpha value is -1.72. The number of alkyl halides is 6. The molecule has 2 rings (SSSR count). The van der Waals surface area contributed by atoms with Gasteiger partial charge in [-0.3, -0.25) is 0 Å². The van der Waals surface area contributed by atoms with Gasteiger partial charge in [-0.2, -0.15) is 26.3 Å². The van der Waals surface area contributed by atoms with Crippen molar-refractivity contribution < 1.29 is 26.3 Å². The lowest BCUT2D eigenvalue weighted by Gasteiger charge is -2.10. The summed E-state index contributed by atoms with van der Waals surface area (Å²) in [5.74, 6) is 0. The highest BCUT2D eigenvalue weighted by Gasteiger charge is 2.32. The summed E-state index contributed by atoms with van der Waals surface area (Å²) < 4.78 is 74.4. The van der Waals surface area contributed by atoms with Gasteiger partial charge < -0.3 is 0 Å². The van der Waals surface area contributed by atoms with Crippen LogP contribution < -0.4 is 0 Å². The highest BCUT2D eigenvalue weighted by atomic mass is 19.4. The fourth-order valence-corrected chi connectivity index (χ4v) is 1.60. The molecule has 0 spiro atoms. The Morgan fingerprint density at radius 3 is 1.17 bits per heavy atom. The van der Waals surface area contributed by atoms with E-state index in [0.29, 0.717) is 0 Å². The molecule has 0 saturated heterocycles. The predicted octanol–water partition coefficient (Wildman–Crippen LogP) is 4.88. The summed E-state index contributed by atoms with van der Waals surface area (Å²) >= 11 is 0. The van der Waals surface area contributed by atoms with Crippen molar-refractivity contribution in [3.05, 3.63) is 47.5 Å². The van der Waals surface area contributed by atoms with Crippen LogP contribution in [-0.4, -0.2) is 0 Å². The maximum Gasteiger partial charge on any atom is 0.416 e. The van der Waals surface area contributed by atoms with Crippen LogP contribution in [0.1, 0.15) is 11.1 Å². The van der Waals surface area contributed by atoms with Gasteiger partial charge >= 0.3 is 12.4 Å². The third-order valence-corrected chi connectivity index (χ3v) is 2.49. The highest BCUT2D eigenvalue weighted by molar-refractivity contribution is 5.84. The molecule has 0 atom stereocenters. The molecule has 0 radical (unpaired) electrons. The number of hydrogen-bond donors (Lipinski definition) is 0. The Morgan fingerprint density at radius 1 is 0.556 bits per heavy atom. The van der Waals surface area contributed by atoms with Crippen LogP contribution in [-0.2, 0) is 12.4 Å². The summed E-state index contributed by atoms with van der Waals surface area (Å²) in [6, 6.07) is 5.26. The van der Waals surface area contributed by atoms with Crippen LogP contribution in [0.4, 0.5) is 26.3 Å². The van der Waals surface area contributed by atoms with Crippen LogP contribution >= 0.6 is 0 Å². The van der Waals surface area contributed by atoms with Gasteiger partial charge in [-0.1, -0.05) is 12.1 Å². The first kappa shape index (κ1) is 12.7. The number of rotatable bonds is 0. The van der Waals surface area contributed by atoms with E-state index >= 15 is 0 Å². The van der Waals surface area contributed by atoms with Crippen molar-refractivity contribution in [2.45, 2.75) is 12.4 Å². The van der Waals surface area contributed by atoms with Gasteiger partial charge in [0.1, 0.15) is 0 Å². The third kappa shape index (κ3) is 2.42. The van der Waals surface area contributed by atoms with E-state index in [1.54, 1.807) is 0 Å². The van der Waals surface area contributed by atoms with Crippen LogP contribution in [0.15, 0.2) is 36.4 Å². The monoisotopic (exact) mass is 264 g/mol. The Balaban J connectivity index is 2.56. The number of halogens is 6. The van der Waals surface area contributed by atoms with Crippen molar-refractivity contribution >= 4 is 10.8 Å². The molecule has 2 aromatic carbocycles. The molecule has 0 aromatic heterocycles. The van der Waals surface area contributed by atoms with Gasteiger partial charge in [-0.25, -0.2) is 0 Å². The molecule has 18 heavy (non-hydrogen) atoms. The second-order valence-electron chi connectivity index (χ2n) is 3.77. The van der Waals surface area contributed by atoms with Gasteiger partial charge in [0.25, 0.3) is 0 Å². The minimum atomic E-state index is -4.50. The molecule has 0 bridgehead atoms. The molecule has 0 aliphatic rings. The molecular formula is C12H6F6. The minimum absolute atomic E-state index is 0.123. The van der Waals surface area contributed by atoms with Gasteiger partial charge in [0.15, 0.2) is 0 Å². The lowest BCUT2D eigenvalue weighted by Crippen LogP contribution is -2.06. The van der Waals surface area contributed by atoms with E-state index in [2.05, 4.69) is 0 Å². The topological polar surface area (TPSA) is 0 Å². The standard InChI is InChI=1S/C12H6F6/c13-11(14,15)9-3-1-7-5-10(12(16,17)18)4-2-8(7)6-9/h1-6H. The lowest BCUT2D eigenvalue weighted by atomic mass is 10.0.